The Bertz CT molecular complexity index is 781. The molecule has 2 aliphatic carbocycles. The molecule has 7 atom stereocenters. The zero-order valence-corrected chi connectivity index (χ0v) is 17.8. The van der Waals surface area contributed by atoms with Gasteiger partial charge in [-0.25, -0.2) is 4.79 Å². The third-order valence-corrected chi connectivity index (χ3v) is 8.51. The molecule has 4 rings (SSSR count). The van der Waals surface area contributed by atoms with Crippen LogP contribution in [0.1, 0.15) is 46.0 Å². The quantitative estimate of drug-likeness (QED) is 0.323. The highest BCUT2D eigenvalue weighted by Crippen LogP contribution is 2.63. The SMILES string of the molecule is C=C1CC[C@@H]2[C@]3(C)COS(=O)O[C@@H]3CC[C@@]2(C)[C@@H]1C/C=C1/C(=O)OC[C@H]1NC=O. The van der Waals surface area contributed by atoms with Gasteiger partial charge < -0.3 is 10.1 Å². The van der Waals surface area contributed by atoms with E-state index in [-0.39, 0.29) is 41.5 Å². The Morgan fingerprint density at radius 2 is 2.10 bits per heavy atom. The third kappa shape index (κ3) is 3.39. The van der Waals surface area contributed by atoms with Gasteiger partial charge in [0, 0.05) is 5.41 Å². The second kappa shape index (κ2) is 7.63. The summed E-state index contributed by atoms with van der Waals surface area (Å²) in [5.41, 5.74) is 1.52. The van der Waals surface area contributed by atoms with Gasteiger partial charge in [0.25, 0.3) is 0 Å². The van der Waals surface area contributed by atoms with Crippen molar-refractivity contribution in [2.75, 3.05) is 13.2 Å². The molecule has 2 aliphatic heterocycles. The second-order valence-corrected chi connectivity index (χ2v) is 10.1. The van der Waals surface area contributed by atoms with Gasteiger partial charge in [-0.1, -0.05) is 32.1 Å². The van der Waals surface area contributed by atoms with E-state index in [1.165, 1.54) is 5.57 Å². The van der Waals surface area contributed by atoms with Crippen LogP contribution in [-0.2, 0) is 34.1 Å². The van der Waals surface area contributed by atoms with Gasteiger partial charge >= 0.3 is 17.3 Å². The summed E-state index contributed by atoms with van der Waals surface area (Å²) in [5, 5.41) is 2.66. The van der Waals surface area contributed by atoms with E-state index in [1.807, 2.05) is 6.08 Å². The molecule has 160 valence electrons. The molecule has 4 fully saturated rings. The fraction of sp³-hybridized carbons (Fsp3) is 0.714. The lowest BCUT2D eigenvalue weighted by molar-refractivity contribution is -0.154. The van der Waals surface area contributed by atoms with E-state index in [2.05, 4.69) is 25.7 Å². The van der Waals surface area contributed by atoms with E-state index >= 15 is 0 Å². The number of esters is 1. The van der Waals surface area contributed by atoms with Gasteiger partial charge in [0.15, 0.2) is 0 Å². The smallest absolute Gasteiger partial charge is 0.336 e. The summed E-state index contributed by atoms with van der Waals surface area (Å²) in [4.78, 5) is 23.0. The number of allylic oxidation sites excluding steroid dienone is 2. The molecule has 8 heteroatoms. The molecule has 4 aliphatic rings. The number of hydrogen-bond donors (Lipinski definition) is 1. The monoisotopic (exact) mass is 423 g/mol. The molecule has 0 bridgehead atoms. The van der Waals surface area contributed by atoms with Crippen molar-refractivity contribution in [3.8, 4) is 0 Å². The second-order valence-electron chi connectivity index (χ2n) is 9.23. The number of carbonyl (C=O) groups is 2. The highest BCUT2D eigenvalue weighted by molar-refractivity contribution is 7.75. The van der Waals surface area contributed by atoms with Gasteiger partial charge in [0.05, 0.1) is 24.3 Å². The first-order valence-electron chi connectivity index (χ1n) is 10.3. The standard InChI is InChI=1S/C21H29NO6S/c1-13-4-7-17-20(2,9-8-18-21(17,3)11-27-29(25)28-18)15(13)6-5-14-16(22-12-23)10-26-19(14)24/h5,12,15-18H,1,4,6-11H2,2-3H3,(H,22,23)/b14-5+/t15-,16-,17+,18-,20+,21+,29?/m1/s1. The van der Waals surface area contributed by atoms with Crippen molar-refractivity contribution in [3.05, 3.63) is 23.8 Å². The highest BCUT2D eigenvalue weighted by Gasteiger charge is 2.60. The molecule has 1 amide bonds. The summed E-state index contributed by atoms with van der Waals surface area (Å²) in [6.07, 6.45) is 6.85. The number of ether oxygens (including phenoxy) is 1. The van der Waals surface area contributed by atoms with Crippen molar-refractivity contribution in [1.82, 2.24) is 5.32 Å². The molecule has 29 heavy (non-hydrogen) atoms. The molecule has 0 aromatic carbocycles. The zero-order chi connectivity index (χ0) is 20.8. The number of amides is 1. The van der Waals surface area contributed by atoms with Crippen LogP contribution in [0.3, 0.4) is 0 Å². The van der Waals surface area contributed by atoms with E-state index in [1.54, 1.807) is 0 Å². The molecule has 0 aromatic heterocycles. The number of cyclic esters (lactones) is 1. The number of hydrogen-bond acceptors (Lipinski definition) is 6. The molecule has 0 radical (unpaired) electrons. The highest BCUT2D eigenvalue weighted by atomic mass is 32.2. The van der Waals surface area contributed by atoms with Crippen molar-refractivity contribution in [2.24, 2.45) is 22.7 Å². The lowest BCUT2D eigenvalue weighted by Crippen LogP contribution is -2.60. The first-order chi connectivity index (χ1) is 13.8. The summed E-state index contributed by atoms with van der Waals surface area (Å²) in [6.45, 7) is 9.48. The van der Waals surface area contributed by atoms with Crippen molar-refractivity contribution in [1.29, 1.82) is 0 Å². The summed E-state index contributed by atoms with van der Waals surface area (Å²) in [7, 11) is 0. The predicted octanol–water partition coefficient (Wildman–Crippen LogP) is 2.36. The maximum Gasteiger partial charge on any atom is 0.336 e. The molecular weight excluding hydrogens is 394 g/mol. The number of rotatable bonds is 4. The van der Waals surface area contributed by atoms with Gasteiger partial charge in [-0.15, -0.1) is 0 Å². The molecule has 0 aromatic rings. The van der Waals surface area contributed by atoms with Crippen LogP contribution in [0.2, 0.25) is 0 Å². The molecular formula is C21H29NO6S. The van der Waals surface area contributed by atoms with Gasteiger partial charge in [0.2, 0.25) is 6.41 Å². The maximum atomic E-state index is 12.1. The van der Waals surface area contributed by atoms with Crippen LogP contribution in [0.4, 0.5) is 0 Å². The predicted molar refractivity (Wildman–Crippen MR) is 106 cm³/mol. The molecule has 0 spiro atoms. The van der Waals surface area contributed by atoms with E-state index < -0.39 is 11.4 Å². The Morgan fingerprint density at radius 1 is 1.31 bits per heavy atom. The summed E-state index contributed by atoms with van der Waals surface area (Å²) in [6, 6.07) is -0.385. The van der Waals surface area contributed by atoms with Crippen LogP contribution >= 0.6 is 0 Å². The fourth-order valence-electron chi connectivity index (χ4n) is 6.22. The Kier molecular flexibility index (Phi) is 5.46. The lowest BCUT2D eigenvalue weighted by Gasteiger charge is -2.61. The topological polar surface area (TPSA) is 90.9 Å². The van der Waals surface area contributed by atoms with Crippen LogP contribution in [0.5, 0.6) is 0 Å². The fourth-order valence-corrected chi connectivity index (χ4v) is 7.13. The molecule has 1 N–H and O–H groups in total. The third-order valence-electron chi connectivity index (χ3n) is 7.81. The van der Waals surface area contributed by atoms with Crippen LogP contribution in [0, 0.1) is 22.7 Å². The summed E-state index contributed by atoms with van der Waals surface area (Å²) in [5.74, 6) is 0.198. The average molecular weight is 424 g/mol. The Balaban J connectivity index is 1.60. The maximum absolute atomic E-state index is 12.1. The zero-order valence-electron chi connectivity index (χ0n) is 17.0. The molecule has 1 unspecified atom stereocenters. The minimum Gasteiger partial charge on any atom is -0.460 e. The Hall–Kier alpha value is -1.51. The van der Waals surface area contributed by atoms with Crippen LogP contribution < -0.4 is 5.32 Å². The average Bonchev–Trinajstić information content (AvgIpc) is 3.02. The minimum absolute atomic E-state index is 0.0146. The molecule has 2 saturated heterocycles. The van der Waals surface area contributed by atoms with Gasteiger partial charge in [0.1, 0.15) is 6.61 Å². The van der Waals surface area contributed by atoms with E-state index in [0.717, 1.165) is 25.7 Å². The van der Waals surface area contributed by atoms with Crippen LogP contribution in [0.25, 0.3) is 0 Å². The van der Waals surface area contributed by atoms with Crippen molar-refractivity contribution < 1.29 is 26.9 Å². The van der Waals surface area contributed by atoms with Crippen LogP contribution in [0.15, 0.2) is 23.8 Å². The summed E-state index contributed by atoms with van der Waals surface area (Å²) >= 11 is -1.66. The first-order valence-corrected chi connectivity index (χ1v) is 11.3. The van der Waals surface area contributed by atoms with Crippen molar-refractivity contribution in [2.45, 2.75) is 58.1 Å². The Morgan fingerprint density at radius 3 is 2.86 bits per heavy atom. The van der Waals surface area contributed by atoms with E-state index in [4.69, 9.17) is 13.1 Å². The number of fused-ring (bicyclic) bond motifs is 3. The van der Waals surface area contributed by atoms with Crippen molar-refractivity contribution >= 4 is 23.7 Å². The van der Waals surface area contributed by atoms with Gasteiger partial charge in [-0.2, -0.15) is 4.21 Å². The molecule has 7 nitrogen and oxygen atoms in total. The number of carbonyl (C=O) groups excluding carboxylic acids is 2. The summed E-state index contributed by atoms with van der Waals surface area (Å²) < 4.78 is 27.9. The Labute approximate surface area is 174 Å². The van der Waals surface area contributed by atoms with Crippen LogP contribution in [-0.4, -0.2) is 41.9 Å². The van der Waals surface area contributed by atoms with Crippen molar-refractivity contribution in [3.63, 3.8) is 0 Å². The normalized spacial score (nSPS) is 46.0. The van der Waals surface area contributed by atoms with E-state index in [0.29, 0.717) is 30.9 Å². The minimum atomic E-state index is -1.66. The molecule has 2 saturated carbocycles. The van der Waals surface area contributed by atoms with E-state index in [9.17, 15) is 13.8 Å². The lowest BCUT2D eigenvalue weighted by atomic mass is 9.46. The number of nitrogens with one attached hydrogen (secondary N) is 1. The first kappa shape index (κ1) is 20.8. The van der Waals surface area contributed by atoms with Gasteiger partial charge in [-0.3, -0.25) is 13.2 Å². The van der Waals surface area contributed by atoms with Gasteiger partial charge in [-0.05, 0) is 49.4 Å². The molecule has 2 heterocycles. The largest absolute Gasteiger partial charge is 0.460 e.